The Balaban J connectivity index is 0.00000569. The zero-order valence-electron chi connectivity index (χ0n) is 42.7. The molecule has 6 nitrogen and oxygen atoms in total. The number of rotatable bonds is 7. The van der Waals surface area contributed by atoms with Crippen molar-refractivity contribution in [3.63, 3.8) is 0 Å². The molecule has 1 N–H and O–H groups in total. The summed E-state index contributed by atoms with van der Waals surface area (Å²) < 4.78 is 6.96. The van der Waals surface area contributed by atoms with Gasteiger partial charge in [0.15, 0.2) is 0 Å². The molecule has 0 aliphatic carbocycles. The number of pyridine rings is 1. The summed E-state index contributed by atoms with van der Waals surface area (Å²) in [5, 5.41) is 17.3. The minimum atomic E-state index is -0.339. The maximum atomic E-state index is 12.6. The Bertz CT molecular complexity index is 4340. The van der Waals surface area contributed by atoms with Gasteiger partial charge in [-0.05, 0) is 94.8 Å². The number of hydrogen-bond donors (Lipinski definition) is 1. The number of hydrogen-bond acceptors (Lipinski definition) is 3. The summed E-state index contributed by atoms with van der Waals surface area (Å²) in [5.41, 5.74) is 17.3. The molecule has 0 aliphatic rings. The van der Waals surface area contributed by atoms with E-state index >= 15 is 0 Å². The fraction of sp³-hybridized carbons (Fsp3) is 0.118. The third-order valence-electron chi connectivity index (χ3n) is 14.8. The van der Waals surface area contributed by atoms with E-state index in [4.69, 9.17) is 9.97 Å². The van der Waals surface area contributed by atoms with Gasteiger partial charge in [-0.3, -0.25) is 9.55 Å². The minimum Gasteiger partial charge on any atom is -0.507 e. The van der Waals surface area contributed by atoms with Gasteiger partial charge >= 0.3 is 0 Å². The summed E-state index contributed by atoms with van der Waals surface area (Å²) >= 11 is 0. The average molecular weight is 1150 g/mol. The number of aromatic hydroxyl groups is 1. The van der Waals surface area contributed by atoms with E-state index in [-0.39, 0.29) is 37.6 Å². The van der Waals surface area contributed by atoms with Gasteiger partial charge < -0.3 is 14.2 Å². The second-order valence-electron chi connectivity index (χ2n) is 21.6. The van der Waals surface area contributed by atoms with E-state index in [2.05, 4.69) is 268 Å². The third-order valence-corrected chi connectivity index (χ3v) is 14.8. The molecule has 0 bridgehead atoms. The molecule has 0 spiro atoms. The molecule has 75 heavy (non-hydrogen) atoms. The summed E-state index contributed by atoms with van der Waals surface area (Å²) in [4.78, 5) is 10.6. The maximum Gasteiger partial charge on any atom is 0.148 e. The Kier molecular flexibility index (Phi) is 11.6. The van der Waals surface area contributed by atoms with Crippen LogP contribution >= 0.6 is 0 Å². The normalized spacial score (nSPS) is 12.1. The molecular weight excluding hydrogens is 1100 g/mol. The first kappa shape index (κ1) is 47.7. The van der Waals surface area contributed by atoms with Gasteiger partial charge in [-0.15, -0.1) is 29.8 Å². The van der Waals surface area contributed by atoms with Gasteiger partial charge in [-0.1, -0.05) is 168 Å². The standard InChI is InChI=1S/C68H54N5O.Pt/c1-67(2,3)46-40-56(65(74)57(41-46)68(4,5)6)66-70-63-50(28-19-33-62(63)73(66)49-34-35-61-55(42-49)53-27-14-15-31-59(53)71(61)47-22-9-7-10-23-47)43-20-17-21-45(38-43)58-39-44(36-37-69-58)51-29-18-30-54-52-26-13-16-32-60(52)72(64(51)54)48-24-11-8-12-25-48;/h7-37,39-42,74H,1-6H3;/q-1;. The molecule has 368 valence electrons. The summed E-state index contributed by atoms with van der Waals surface area (Å²) in [7, 11) is 0. The van der Waals surface area contributed by atoms with E-state index in [1.165, 1.54) is 16.3 Å². The summed E-state index contributed by atoms with van der Waals surface area (Å²) in [6, 6.07) is 76.8. The monoisotopic (exact) mass is 1150 g/mol. The number of aromatic nitrogens is 5. The van der Waals surface area contributed by atoms with E-state index in [0.717, 1.165) is 100 Å². The van der Waals surface area contributed by atoms with Crippen LogP contribution in [-0.2, 0) is 31.9 Å². The molecule has 0 unspecified atom stereocenters. The van der Waals surface area contributed by atoms with Crippen LogP contribution < -0.4 is 0 Å². The van der Waals surface area contributed by atoms with E-state index in [9.17, 15) is 5.11 Å². The molecule has 13 aromatic rings. The Morgan fingerprint density at radius 2 is 1.03 bits per heavy atom. The minimum absolute atomic E-state index is 0. The number of phenols is 1. The summed E-state index contributed by atoms with van der Waals surface area (Å²) in [5.74, 6) is 0.907. The van der Waals surface area contributed by atoms with Crippen LogP contribution in [0.3, 0.4) is 0 Å². The molecule has 0 radical (unpaired) electrons. The predicted octanol–water partition coefficient (Wildman–Crippen LogP) is 17.4. The second-order valence-corrected chi connectivity index (χ2v) is 21.6. The quantitative estimate of drug-likeness (QED) is 0.162. The van der Waals surface area contributed by atoms with Gasteiger partial charge in [0.2, 0.25) is 0 Å². The fourth-order valence-corrected chi connectivity index (χ4v) is 11.1. The zero-order chi connectivity index (χ0) is 50.5. The van der Waals surface area contributed by atoms with Gasteiger partial charge in [-0.25, -0.2) is 4.98 Å². The second kappa shape index (κ2) is 18.3. The summed E-state index contributed by atoms with van der Waals surface area (Å²) in [6.45, 7) is 13.2. The third kappa shape index (κ3) is 7.98. The molecule has 4 aromatic heterocycles. The SMILES string of the molecule is CC(C)(C)c1cc(-c2nc3c(-c4[c-]c(-c5cc(-c6cccc7c8ccccc8n(-c8ccccc8)c67)ccn5)ccc4)cccc3n2-c2ccc3c(c2)c2ccccc2n3-c2ccccc2)c(O)c(C(C)(C)C)c1.[Pt]. The Morgan fingerprint density at radius 3 is 1.75 bits per heavy atom. The van der Waals surface area contributed by atoms with Gasteiger partial charge in [0.1, 0.15) is 11.6 Å². The van der Waals surface area contributed by atoms with Crippen LogP contribution in [0.2, 0.25) is 0 Å². The van der Waals surface area contributed by atoms with Crippen LogP contribution in [0.25, 0.3) is 117 Å². The van der Waals surface area contributed by atoms with E-state index in [1.54, 1.807) is 0 Å². The summed E-state index contributed by atoms with van der Waals surface area (Å²) in [6.07, 6.45) is 1.91. The number of imidazole rings is 1. The first-order chi connectivity index (χ1) is 35.9. The van der Waals surface area contributed by atoms with E-state index in [1.807, 2.05) is 6.20 Å². The van der Waals surface area contributed by atoms with Crippen molar-refractivity contribution < 1.29 is 26.2 Å². The van der Waals surface area contributed by atoms with Crippen molar-refractivity contribution in [2.75, 3.05) is 0 Å². The molecular formula is C68H54N5OPt-. The Hall–Kier alpha value is -8.31. The van der Waals surface area contributed by atoms with E-state index < -0.39 is 0 Å². The van der Waals surface area contributed by atoms with Crippen LogP contribution in [0, 0.1) is 6.07 Å². The van der Waals surface area contributed by atoms with Crippen LogP contribution in [0.4, 0.5) is 0 Å². The van der Waals surface area contributed by atoms with Crippen molar-refractivity contribution in [3.05, 3.63) is 230 Å². The molecule has 0 fully saturated rings. The fourth-order valence-electron chi connectivity index (χ4n) is 11.1. The number of phenolic OH excluding ortho intramolecular Hbond substituents is 1. The molecule has 0 amide bonds. The topological polar surface area (TPSA) is 60.8 Å². The van der Waals surface area contributed by atoms with Crippen molar-refractivity contribution >= 4 is 54.6 Å². The number of fused-ring (bicyclic) bond motifs is 7. The maximum absolute atomic E-state index is 12.6. The van der Waals surface area contributed by atoms with Crippen LogP contribution in [0.1, 0.15) is 52.7 Å². The molecule has 9 aromatic carbocycles. The first-order valence-electron chi connectivity index (χ1n) is 25.5. The zero-order valence-corrected chi connectivity index (χ0v) is 45.0. The molecule has 0 saturated carbocycles. The van der Waals surface area contributed by atoms with Gasteiger partial charge in [-0.2, -0.15) is 0 Å². The van der Waals surface area contributed by atoms with Gasteiger partial charge in [0, 0.05) is 82.7 Å². The Labute approximate surface area is 451 Å². The molecule has 4 heterocycles. The van der Waals surface area contributed by atoms with E-state index in [0.29, 0.717) is 11.4 Å². The van der Waals surface area contributed by atoms with Crippen LogP contribution in [0.5, 0.6) is 5.75 Å². The predicted molar refractivity (Wildman–Crippen MR) is 307 cm³/mol. The largest absolute Gasteiger partial charge is 0.507 e. The average Bonchev–Trinajstić information content (AvgIpc) is 4.10. The molecule has 0 aliphatic heterocycles. The number of para-hydroxylation sites is 6. The van der Waals surface area contributed by atoms with Crippen LogP contribution in [-0.4, -0.2) is 28.8 Å². The molecule has 0 atom stereocenters. The van der Waals surface area contributed by atoms with Crippen molar-refractivity contribution in [3.8, 4) is 67.7 Å². The van der Waals surface area contributed by atoms with Crippen LogP contribution in [0.15, 0.2) is 212 Å². The first-order valence-corrected chi connectivity index (χ1v) is 25.5. The van der Waals surface area contributed by atoms with Crippen molar-refractivity contribution in [1.29, 1.82) is 0 Å². The molecule has 7 heteroatoms. The number of nitrogens with zero attached hydrogens (tertiary/aromatic N) is 5. The molecule has 13 rings (SSSR count). The smallest absolute Gasteiger partial charge is 0.148 e. The van der Waals surface area contributed by atoms with Crippen molar-refractivity contribution in [1.82, 2.24) is 23.7 Å². The van der Waals surface area contributed by atoms with Crippen molar-refractivity contribution in [2.45, 2.75) is 52.4 Å². The Morgan fingerprint density at radius 1 is 0.440 bits per heavy atom. The van der Waals surface area contributed by atoms with Gasteiger partial charge in [0.05, 0.1) is 38.7 Å². The van der Waals surface area contributed by atoms with Crippen molar-refractivity contribution in [2.24, 2.45) is 0 Å². The molecule has 0 saturated heterocycles. The number of benzene rings is 9. The van der Waals surface area contributed by atoms with Gasteiger partial charge in [0.25, 0.3) is 0 Å².